The molecule has 0 aliphatic rings. The summed E-state index contributed by atoms with van der Waals surface area (Å²) >= 11 is 0. The van der Waals surface area contributed by atoms with Crippen molar-refractivity contribution in [2.45, 2.75) is 25.9 Å². The highest BCUT2D eigenvalue weighted by atomic mass is 16.1. The molecule has 15 heavy (non-hydrogen) atoms. The van der Waals surface area contributed by atoms with Crippen LogP contribution in [0.1, 0.15) is 13.3 Å². The third-order valence-electron chi connectivity index (χ3n) is 2.25. The molecule has 3 heteroatoms. The zero-order valence-electron chi connectivity index (χ0n) is 8.94. The van der Waals surface area contributed by atoms with Gasteiger partial charge in [-0.15, -0.1) is 6.42 Å². The molecule has 0 aromatic carbocycles. The van der Waals surface area contributed by atoms with Crippen LogP contribution in [0.5, 0.6) is 0 Å². The molecule has 0 aliphatic heterocycles. The largest absolute Gasteiger partial charge is 0.314 e. The van der Waals surface area contributed by atoms with Crippen LogP contribution in [0.4, 0.5) is 0 Å². The first-order valence-corrected chi connectivity index (χ1v) is 5.13. The topological polar surface area (TPSA) is 34.0 Å². The summed E-state index contributed by atoms with van der Waals surface area (Å²) in [5, 5.41) is 3.20. The first-order chi connectivity index (χ1) is 7.27. The molecular weight excluding hydrogens is 188 g/mol. The zero-order valence-corrected chi connectivity index (χ0v) is 8.94. The summed E-state index contributed by atoms with van der Waals surface area (Å²) in [6, 6.07) is 5.24. The molecular formula is C12H16N2O. The van der Waals surface area contributed by atoms with E-state index in [1.165, 1.54) is 0 Å². The summed E-state index contributed by atoms with van der Waals surface area (Å²) < 4.78 is 1.66. The van der Waals surface area contributed by atoms with Gasteiger partial charge < -0.3 is 9.88 Å². The molecule has 1 N–H and O–H groups in total. The number of terminal acetylenes is 1. The lowest BCUT2D eigenvalue weighted by molar-refractivity contribution is 0.538. The molecule has 3 nitrogen and oxygen atoms in total. The second kappa shape index (κ2) is 6.05. The van der Waals surface area contributed by atoms with Crippen molar-refractivity contribution in [1.29, 1.82) is 0 Å². The van der Waals surface area contributed by atoms with Gasteiger partial charge in [-0.2, -0.15) is 0 Å². The van der Waals surface area contributed by atoms with Crippen molar-refractivity contribution >= 4 is 0 Å². The molecule has 80 valence electrons. The Labute approximate surface area is 90.1 Å². The number of rotatable bonds is 5. The fourth-order valence-electron chi connectivity index (χ4n) is 1.33. The van der Waals surface area contributed by atoms with Crippen LogP contribution in [-0.2, 0) is 6.54 Å². The van der Waals surface area contributed by atoms with Gasteiger partial charge in [0, 0.05) is 25.4 Å². The summed E-state index contributed by atoms with van der Waals surface area (Å²) in [6.07, 6.45) is 7.99. The monoisotopic (exact) mass is 204 g/mol. The first-order valence-electron chi connectivity index (χ1n) is 5.13. The van der Waals surface area contributed by atoms with Gasteiger partial charge in [0.1, 0.15) is 0 Å². The third kappa shape index (κ3) is 3.61. The SMILES string of the molecule is C#CC(CC)NCCn1ccccc1=O. The quantitative estimate of drug-likeness (QED) is 0.721. The van der Waals surface area contributed by atoms with E-state index in [1.807, 2.05) is 13.0 Å². The van der Waals surface area contributed by atoms with Crippen LogP contribution in [-0.4, -0.2) is 17.2 Å². The van der Waals surface area contributed by atoms with Crippen LogP contribution >= 0.6 is 0 Å². The third-order valence-corrected chi connectivity index (χ3v) is 2.25. The second-order valence-corrected chi connectivity index (χ2v) is 3.31. The summed E-state index contributed by atoms with van der Waals surface area (Å²) in [5.74, 6) is 2.65. The van der Waals surface area contributed by atoms with Crippen molar-refractivity contribution in [3.8, 4) is 12.3 Å². The Hall–Kier alpha value is -1.53. The molecule has 1 aromatic rings. The predicted molar refractivity (Wildman–Crippen MR) is 61.6 cm³/mol. The molecule has 0 radical (unpaired) electrons. The van der Waals surface area contributed by atoms with Gasteiger partial charge in [-0.05, 0) is 12.5 Å². The van der Waals surface area contributed by atoms with E-state index in [9.17, 15) is 4.79 Å². The molecule has 1 rings (SSSR count). The average Bonchev–Trinajstić information content (AvgIpc) is 2.27. The highest BCUT2D eigenvalue weighted by Gasteiger charge is 1.99. The van der Waals surface area contributed by atoms with Crippen LogP contribution in [0.25, 0.3) is 0 Å². The Morgan fingerprint density at radius 3 is 3.00 bits per heavy atom. The van der Waals surface area contributed by atoms with Crippen LogP contribution in [0.3, 0.4) is 0 Å². The highest BCUT2D eigenvalue weighted by Crippen LogP contribution is 1.87. The van der Waals surface area contributed by atoms with Crippen LogP contribution < -0.4 is 10.9 Å². The molecule has 0 amide bonds. The zero-order chi connectivity index (χ0) is 11.1. The van der Waals surface area contributed by atoms with Gasteiger partial charge in [0.05, 0.1) is 6.04 Å². The molecule has 1 unspecified atom stereocenters. The van der Waals surface area contributed by atoms with Crippen molar-refractivity contribution in [2.75, 3.05) is 6.54 Å². The van der Waals surface area contributed by atoms with E-state index in [2.05, 4.69) is 11.2 Å². The molecule has 0 saturated heterocycles. The lowest BCUT2D eigenvalue weighted by Crippen LogP contribution is -2.32. The van der Waals surface area contributed by atoms with Crippen molar-refractivity contribution in [3.05, 3.63) is 34.7 Å². The number of hydrogen-bond acceptors (Lipinski definition) is 2. The standard InChI is InChI=1S/C12H16N2O/c1-3-11(4-2)13-8-10-14-9-6-5-7-12(14)15/h1,5-7,9,11,13H,4,8,10H2,2H3. The van der Waals surface area contributed by atoms with E-state index in [-0.39, 0.29) is 11.6 Å². The van der Waals surface area contributed by atoms with E-state index >= 15 is 0 Å². The van der Waals surface area contributed by atoms with E-state index in [4.69, 9.17) is 6.42 Å². The van der Waals surface area contributed by atoms with Crippen molar-refractivity contribution in [2.24, 2.45) is 0 Å². The Morgan fingerprint density at radius 2 is 2.40 bits per heavy atom. The number of aromatic nitrogens is 1. The van der Waals surface area contributed by atoms with Crippen LogP contribution in [0.15, 0.2) is 29.2 Å². The summed E-state index contributed by atoms with van der Waals surface area (Å²) in [7, 11) is 0. The molecule has 1 aromatic heterocycles. The number of hydrogen-bond donors (Lipinski definition) is 1. The highest BCUT2D eigenvalue weighted by molar-refractivity contribution is 4.98. The van der Waals surface area contributed by atoms with Gasteiger partial charge in [0.25, 0.3) is 5.56 Å². The summed E-state index contributed by atoms with van der Waals surface area (Å²) in [4.78, 5) is 11.3. The molecule has 1 atom stereocenters. The van der Waals surface area contributed by atoms with E-state index in [0.717, 1.165) is 6.42 Å². The van der Waals surface area contributed by atoms with Crippen molar-refractivity contribution in [1.82, 2.24) is 9.88 Å². The maximum Gasteiger partial charge on any atom is 0.250 e. The molecule has 1 heterocycles. The maximum atomic E-state index is 11.3. The second-order valence-electron chi connectivity index (χ2n) is 3.31. The van der Waals surface area contributed by atoms with Crippen LogP contribution in [0.2, 0.25) is 0 Å². The van der Waals surface area contributed by atoms with E-state index in [0.29, 0.717) is 13.1 Å². The van der Waals surface area contributed by atoms with Crippen LogP contribution in [0, 0.1) is 12.3 Å². The fraction of sp³-hybridized carbons (Fsp3) is 0.417. The van der Waals surface area contributed by atoms with E-state index in [1.54, 1.807) is 22.9 Å². The van der Waals surface area contributed by atoms with E-state index < -0.39 is 0 Å². The number of pyridine rings is 1. The predicted octanol–water partition coefficient (Wildman–Crippen LogP) is 0.850. The minimum atomic E-state index is 0.0213. The lowest BCUT2D eigenvalue weighted by Gasteiger charge is -2.11. The average molecular weight is 204 g/mol. The lowest BCUT2D eigenvalue weighted by atomic mass is 10.2. The summed E-state index contributed by atoms with van der Waals surface area (Å²) in [6.45, 7) is 3.40. The first kappa shape index (κ1) is 11.5. The summed E-state index contributed by atoms with van der Waals surface area (Å²) in [5.41, 5.74) is 0.0213. The minimum Gasteiger partial charge on any atom is -0.314 e. The minimum absolute atomic E-state index is 0.0213. The smallest absolute Gasteiger partial charge is 0.250 e. The van der Waals surface area contributed by atoms with Gasteiger partial charge in [-0.3, -0.25) is 4.79 Å². The Kier molecular flexibility index (Phi) is 4.65. The normalized spacial score (nSPS) is 12.0. The molecule has 0 saturated carbocycles. The molecule has 0 aliphatic carbocycles. The fourth-order valence-corrected chi connectivity index (χ4v) is 1.33. The van der Waals surface area contributed by atoms with Gasteiger partial charge >= 0.3 is 0 Å². The Bertz CT molecular complexity index is 389. The van der Waals surface area contributed by atoms with Gasteiger partial charge in [-0.1, -0.05) is 18.9 Å². The maximum absolute atomic E-state index is 11.3. The number of nitrogens with one attached hydrogen (secondary N) is 1. The Balaban J connectivity index is 2.42. The van der Waals surface area contributed by atoms with Crippen molar-refractivity contribution in [3.63, 3.8) is 0 Å². The van der Waals surface area contributed by atoms with Gasteiger partial charge in [0.2, 0.25) is 0 Å². The Morgan fingerprint density at radius 1 is 1.60 bits per heavy atom. The number of nitrogens with zero attached hydrogens (tertiary/aromatic N) is 1. The van der Waals surface area contributed by atoms with Gasteiger partial charge in [-0.25, -0.2) is 0 Å². The van der Waals surface area contributed by atoms with Gasteiger partial charge in [0.15, 0.2) is 0 Å². The molecule has 0 spiro atoms. The molecule has 0 bridgehead atoms. The van der Waals surface area contributed by atoms with Crippen molar-refractivity contribution < 1.29 is 0 Å². The molecule has 0 fully saturated rings.